The predicted octanol–water partition coefficient (Wildman–Crippen LogP) is 11.8. The molecule has 26 heteroatoms. The molecule has 0 N–H and O–H groups in total. The summed E-state index contributed by atoms with van der Waals surface area (Å²) in [7, 11) is -15.6. The summed E-state index contributed by atoms with van der Waals surface area (Å²) in [6.07, 6.45) is 17.6. The van der Waals surface area contributed by atoms with Gasteiger partial charge < -0.3 is 24.3 Å². The highest BCUT2D eigenvalue weighted by molar-refractivity contribution is 7.91. The number of likely N-dealkylation sites (tertiary alicyclic amines) is 5. The first kappa shape index (κ1) is 84.1. The first-order valence-electron chi connectivity index (χ1n) is 34.9. The lowest BCUT2D eigenvalue weighted by molar-refractivity contribution is 0.130. The summed E-state index contributed by atoms with van der Waals surface area (Å²) in [5.41, 5.74) is 4.09. The molecule has 0 radical (unpaired) electrons. The van der Waals surface area contributed by atoms with Gasteiger partial charge in [-0.15, -0.1) is 6.58 Å². The van der Waals surface area contributed by atoms with Gasteiger partial charge in [0.2, 0.25) is 0 Å². The van der Waals surface area contributed by atoms with Crippen LogP contribution in [0.2, 0.25) is 0 Å². The molecule has 101 heavy (non-hydrogen) atoms. The molecule has 5 aromatic rings. The number of sulfone groups is 5. The first-order chi connectivity index (χ1) is 47.7. The molecule has 18 nitrogen and oxygen atoms in total. The van der Waals surface area contributed by atoms with Gasteiger partial charge in [0, 0.05) is 51.5 Å². The van der Waals surface area contributed by atoms with E-state index in [4.69, 9.17) is 4.74 Å². The van der Waals surface area contributed by atoms with Crippen LogP contribution >= 0.6 is 0 Å². The molecule has 5 aliphatic rings. The average Bonchev–Trinajstić information content (AvgIpc) is 0.829. The molecule has 10 rings (SSSR count). The van der Waals surface area contributed by atoms with Crippen molar-refractivity contribution in [3.8, 4) is 12.1 Å². The quantitative estimate of drug-likeness (QED) is 0.0697. The largest absolute Gasteiger partial charge is 0.383 e. The van der Waals surface area contributed by atoms with Crippen molar-refractivity contribution in [2.24, 2.45) is 0 Å². The first-order valence-corrected chi connectivity index (χ1v) is 44.3. The highest BCUT2D eigenvalue weighted by atomic mass is 32.2. The Morgan fingerprint density at radius 1 is 0.406 bits per heavy atom. The minimum atomic E-state index is -3.52. The number of halogens is 3. The Labute approximate surface area is 601 Å². The van der Waals surface area contributed by atoms with Crippen LogP contribution in [0.1, 0.15) is 160 Å². The van der Waals surface area contributed by atoms with Crippen molar-refractivity contribution in [2.75, 3.05) is 143 Å². The van der Waals surface area contributed by atoms with E-state index in [2.05, 4.69) is 64.0 Å². The maximum Gasteiger partial charge on any atom is 0.178 e. The van der Waals surface area contributed by atoms with E-state index >= 15 is 0 Å². The number of rotatable bonds is 19. The molecule has 0 unspecified atom stereocenters. The summed E-state index contributed by atoms with van der Waals surface area (Å²) in [4.78, 5) is 11.5. The number of ether oxygens (including phenoxy) is 1. The van der Waals surface area contributed by atoms with Gasteiger partial charge in [-0.2, -0.15) is 10.5 Å². The van der Waals surface area contributed by atoms with Crippen molar-refractivity contribution in [1.82, 2.24) is 24.5 Å². The summed E-state index contributed by atoms with van der Waals surface area (Å²) in [6.45, 7) is 25.2. The molecule has 0 aliphatic carbocycles. The van der Waals surface area contributed by atoms with Gasteiger partial charge in [0.15, 0.2) is 49.2 Å². The van der Waals surface area contributed by atoms with Gasteiger partial charge in [-0.25, -0.2) is 55.3 Å². The van der Waals surface area contributed by atoms with Crippen molar-refractivity contribution in [2.45, 2.75) is 145 Å². The fraction of sp³-hybridized carbons (Fsp3) is 0.547. The molecule has 0 amide bonds. The van der Waals surface area contributed by atoms with Crippen LogP contribution in [0.4, 0.5) is 13.2 Å². The zero-order valence-corrected chi connectivity index (χ0v) is 64.3. The average molecular weight is 1500 g/mol. The second kappa shape index (κ2) is 38.8. The Hall–Kier alpha value is -5.88. The lowest BCUT2D eigenvalue weighted by Crippen LogP contribution is -2.35. The number of nitriles is 2. The van der Waals surface area contributed by atoms with Crippen molar-refractivity contribution < 1.29 is 60.0 Å². The smallest absolute Gasteiger partial charge is 0.178 e. The van der Waals surface area contributed by atoms with Crippen LogP contribution in [0.25, 0.3) is 0 Å². The van der Waals surface area contributed by atoms with Gasteiger partial charge in [-0.1, -0.05) is 87.5 Å². The second-order valence-electron chi connectivity index (χ2n) is 27.0. The number of nitrogens with zero attached hydrogens (tertiary/aromatic N) is 7. The minimum absolute atomic E-state index is 0.0884. The maximum absolute atomic E-state index is 14.4. The normalized spacial score (nSPS) is 18.0. The summed E-state index contributed by atoms with van der Waals surface area (Å²) in [5.74, 6) is -0.816. The van der Waals surface area contributed by atoms with Gasteiger partial charge >= 0.3 is 0 Å². The van der Waals surface area contributed by atoms with Gasteiger partial charge in [-0.05, 0) is 243 Å². The lowest BCUT2D eigenvalue weighted by atomic mass is 9.86. The van der Waals surface area contributed by atoms with Gasteiger partial charge in [0.1, 0.15) is 44.3 Å². The second-order valence-corrected chi connectivity index (χ2v) is 36.9. The molecule has 5 fully saturated rings. The SMILES string of the molecule is C=CCN1CCC(c2cccc(S(C)(=O)=O)c2F)CC1.CCCN1CCC(c2cccc(S(C)(=O)=O)c2C#N)CC1.CCN1CCC(c2cccc(S(C)(=O)=O)c2C#N)CC1.CCN1CCC(c2cccc(S(C)(=O)=O)c2F)CC1.COCCN1CCC(c2cccc(S(C)(=O)=O)c2F)CC1. The maximum atomic E-state index is 14.4. The molecule has 0 aromatic heterocycles. The van der Waals surface area contributed by atoms with Crippen LogP contribution in [0.5, 0.6) is 0 Å². The topological polar surface area (TPSA) is 244 Å². The third-order valence-corrected chi connectivity index (χ3v) is 25.5. The summed E-state index contributed by atoms with van der Waals surface area (Å²) in [5, 5.41) is 18.8. The fourth-order valence-electron chi connectivity index (χ4n) is 14.2. The van der Waals surface area contributed by atoms with Gasteiger partial charge in [-0.3, -0.25) is 4.90 Å². The molecule has 5 aliphatic heterocycles. The summed E-state index contributed by atoms with van der Waals surface area (Å²) < 4.78 is 165. The number of methoxy groups -OCH3 is 1. The standard InChI is InChI=1S/C16H22N2O2S.C15H22FNO3S.C15H20FNO2S.C15H20N2O2S.C14H20FNO2S/c1-3-9-18-10-7-13(8-11-18)14-5-4-6-16(15(14)12-17)21(2,19)20;1-20-11-10-17-8-6-12(7-9-17)13-4-3-5-14(15(13)16)21(2,18)19;1-3-9-17-10-7-12(8-11-17)13-5-4-6-14(15(13)16)20(2,18)19;1-3-17-9-7-12(8-10-17)13-5-4-6-15(14(13)11-16)20(2,18)19;1-3-16-9-7-11(8-10-16)12-5-4-6-13(14(12)15)19(2,17)18/h4-6,13H,3,7-11H2,1-2H3;3-5,12H,6-11H2,1-2H3;3-6,12H,1,7-11H2,2H3;4-6,12H,3,7-10H2,1-2H3;4-6,11H,3,7-10H2,1-2H3. The monoisotopic (exact) mass is 1500 g/mol. The van der Waals surface area contributed by atoms with Crippen LogP contribution in [-0.2, 0) is 53.9 Å². The van der Waals surface area contributed by atoms with Crippen LogP contribution in [0.15, 0.2) is 128 Å². The predicted molar refractivity (Wildman–Crippen MR) is 393 cm³/mol. The van der Waals surface area contributed by atoms with Crippen molar-refractivity contribution in [3.63, 3.8) is 0 Å². The van der Waals surface area contributed by atoms with Crippen LogP contribution in [-0.4, -0.2) is 210 Å². The highest BCUT2D eigenvalue weighted by Gasteiger charge is 2.31. The Balaban J connectivity index is 0.000000199. The van der Waals surface area contributed by atoms with E-state index in [0.29, 0.717) is 34.4 Å². The van der Waals surface area contributed by atoms with Crippen molar-refractivity contribution in [1.29, 1.82) is 10.5 Å². The zero-order chi connectivity index (χ0) is 74.5. The molecule has 5 heterocycles. The van der Waals surface area contributed by atoms with E-state index < -0.39 is 66.6 Å². The van der Waals surface area contributed by atoms with E-state index in [1.54, 1.807) is 55.6 Å². The molecule has 5 saturated heterocycles. The van der Waals surface area contributed by atoms with E-state index in [1.807, 2.05) is 18.2 Å². The van der Waals surface area contributed by atoms with E-state index in [9.17, 15) is 65.8 Å². The Morgan fingerprint density at radius 3 is 0.901 bits per heavy atom. The van der Waals surface area contributed by atoms with E-state index in [1.165, 1.54) is 30.3 Å². The number of piperidine rings is 5. The van der Waals surface area contributed by atoms with Crippen LogP contribution in [0.3, 0.4) is 0 Å². The molecule has 0 spiro atoms. The van der Waals surface area contributed by atoms with Gasteiger partial charge in [0.05, 0.1) is 27.5 Å². The third kappa shape index (κ3) is 24.1. The van der Waals surface area contributed by atoms with Crippen LogP contribution in [0, 0.1) is 40.1 Å². The van der Waals surface area contributed by atoms with Crippen molar-refractivity contribution >= 4 is 49.2 Å². The fourth-order valence-corrected chi connectivity index (χ4v) is 18.3. The van der Waals surface area contributed by atoms with E-state index in [-0.39, 0.29) is 54.1 Å². The third-order valence-electron chi connectivity index (χ3n) is 19.9. The summed E-state index contributed by atoms with van der Waals surface area (Å²) in [6, 6.07) is 28.6. The molecular weight excluding hydrogens is 1390 g/mol. The summed E-state index contributed by atoms with van der Waals surface area (Å²) >= 11 is 0. The molecule has 5 aromatic carbocycles. The highest BCUT2D eigenvalue weighted by Crippen LogP contribution is 2.38. The molecule has 0 bridgehead atoms. The Morgan fingerprint density at radius 2 is 0.653 bits per heavy atom. The molecular formula is C75H104F3N7O11S5. The van der Waals surface area contributed by atoms with Crippen LogP contribution < -0.4 is 0 Å². The van der Waals surface area contributed by atoms with Crippen molar-refractivity contribution in [3.05, 3.63) is 160 Å². The molecule has 0 saturated carbocycles. The Kier molecular flexibility index (Phi) is 32.3. The molecule has 0 atom stereocenters. The lowest BCUT2D eigenvalue weighted by Gasteiger charge is -2.32. The van der Waals surface area contributed by atoms with E-state index in [0.717, 1.165) is 211 Å². The zero-order valence-electron chi connectivity index (χ0n) is 60.2. The minimum Gasteiger partial charge on any atom is -0.383 e. The Bertz CT molecular complexity index is 4250. The number of hydrogen-bond acceptors (Lipinski definition) is 18. The van der Waals surface area contributed by atoms with Gasteiger partial charge in [0.25, 0.3) is 0 Å². The number of hydrogen-bond donors (Lipinski definition) is 0. The molecule has 556 valence electrons. The number of benzene rings is 5.